The molecule has 0 aromatic heterocycles. The third-order valence-electron chi connectivity index (χ3n) is 4.47. The summed E-state index contributed by atoms with van der Waals surface area (Å²) in [6, 6.07) is 0. The van der Waals surface area contributed by atoms with Crippen molar-refractivity contribution in [2.24, 2.45) is 16.7 Å². The van der Waals surface area contributed by atoms with Gasteiger partial charge in [0, 0.05) is 0 Å². The predicted octanol–water partition coefficient (Wildman–Crippen LogP) is 4.34. The Hall–Kier alpha value is -0.530. The second-order valence-corrected chi connectivity index (χ2v) is 5.97. The second-order valence-electron chi connectivity index (χ2n) is 5.97. The van der Waals surface area contributed by atoms with Gasteiger partial charge < -0.3 is 5.11 Å². The number of carbonyl (C=O) groups is 1. The van der Waals surface area contributed by atoms with Crippen molar-refractivity contribution >= 4 is 5.97 Å². The Kier molecular flexibility index (Phi) is 5.51. The highest BCUT2D eigenvalue weighted by Gasteiger charge is 2.39. The van der Waals surface area contributed by atoms with Crippen LogP contribution >= 0.6 is 0 Å². The van der Waals surface area contributed by atoms with Crippen molar-refractivity contribution in [3.63, 3.8) is 0 Å². The van der Waals surface area contributed by atoms with Crippen LogP contribution in [0, 0.1) is 16.7 Å². The highest BCUT2D eigenvalue weighted by atomic mass is 16.4. The van der Waals surface area contributed by atoms with Crippen molar-refractivity contribution in [1.82, 2.24) is 0 Å². The summed E-state index contributed by atoms with van der Waals surface area (Å²) in [7, 11) is 0. The van der Waals surface area contributed by atoms with E-state index in [-0.39, 0.29) is 16.7 Å². The molecule has 0 radical (unpaired) electrons. The average Bonchev–Trinajstić information content (AvgIpc) is 2.24. The van der Waals surface area contributed by atoms with Gasteiger partial charge in [-0.25, -0.2) is 0 Å². The SMILES string of the molecule is CCC(C)(C)CC(C(=O)O)C(C)(CC)CC. The number of hydrogen-bond acceptors (Lipinski definition) is 1. The monoisotopic (exact) mass is 228 g/mol. The molecule has 2 nitrogen and oxygen atoms in total. The van der Waals surface area contributed by atoms with Crippen LogP contribution in [-0.2, 0) is 4.79 Å². The van der Waals surface area contributed by atoms with E-state index in [9.17, 15) is 9.90 Å². The first-order valence-corrected chi connectivity index (χ1v) is 6.45. The molecular formula is C14H28O2. The van der Waals surface area contributed by atoms with Gasteiger partial charge in [0.2, 0.25) is 0 Å². The summed E-state index contributed by atoms with van der Waals surface area (Å²) in [6.45, 7) is 12.8. The van der Waals surface area contributed by atoms with E-state index in [0.717, 1.165) is 25.7 Å². The molecule has 1 unspecified atom stereocenters. The van der Waals surface area contributed by atoms with Gasteiger partial charge >= 0.3 is 5.97 Å². The van der Waals surface area contributed by atoms with Gasteiger partial charge in [-0.3, -0.25) is 4.79 Å². The van der Waals surface area contributed by atoms with Crippen LogP contribution in [0.5, 0.6) is 0 Å². The number of hydrogen-bond donors (Lipinski definition) is 1. The summed E-state index contributed by atoms with van der Waals surface area (Å²) < 4.78 is 0. The Balaban J connectivity index is 4.95. The lowest BCUT2D eigenvalue weighted by atomic mass is 9.66. The molecule has 0 bridgehead atoms. The van der Waals surface area contributed by atoms with Crippen LogP contribution in [0.1, 0.15) is 67.2 Å². The third-order valence-corrected chi connectivity index (χ3v) is 4.47. The zero-order valence-corrected chi connectivity index (χ0v) is 11.8. The summed E-state index contributed by atoms with van der Waals surface area (Å²) in [5.41, 5.74) is 0.0485. The molecule has 1 N–H and O–H groups in total. The first kappa shape index (κ1) is 15.5. The lowest BCUT2D eigenvalue weighted by molar-refractivity contribution is -0.148. The van der Waals surface area contributed by atoms with E-state index in [1.54, 1.807) is 0 Å². The van der Waals surface area contributed by atoms with Crippen molar-refractivity contribution in [3.05, 3.63) is 0 Å². The molecule has 0 aromatic carbocycles. The summed E-state index contributed by atoms with van der Waals surface area (Å²) >= 11 is 0. The van der Waals surface area contributed by atoms with Gasteiger partial charge in [0.25, 0.3) is 0 Å². The maximum Gasteiger partial charge on any atom is 0.307 e. The Morgan fingerprint density at radius 1 is 1.06 bits per heavy atom. The second kappa shape index (κ2) is 5.70. The largest absolute Gasteiger partial charge is 0.481 e. The van der Waals surface area contributed by atoms with E-state index in [1.807, 2.05) is 0 Å². The zero-order chi connectivity index (χ0) is 13.0. The van der Waals surface area contributed by atoms with E-state index in [2.05, 4.69) is 41.5 Å². The first-order chi connectivity index (χ1) is 7.22. The van der Waals surface area contributed by atoms with Gasteiger partial charge in [-0.1, -0.05) is 48.0 Å². The molecule has 0 aliphatic rings. The molecule has 1 atom stereocenters. The molecule has 0 saturated carbocycles. The van der Waals surface area contributed by atoms with Crippen LogP contribution in [0.4, 0.5) is 0 Å². The van der Waals surface area contributed by atoms with Crippen LogP contribution in [0.2, 0.25) is 0 Å². The predicted molar refractivity (Wildman–Crippen MR) is 68.5 cm³/mol. The summed E-state index contributed by atoms with van der Waals surface area (Å²) in [6.07, 6.45) is 3.66. The fraction of sp³-hybridized carbons (Fsp3) is 0.929. The Bertz CT molecular complexity index is 227. The van der Waals surface area contributed by atoms with Gasteiger partial charge in [-0.15, -0.1) is 0 Å². The summed E-state index contributed by atoms with van der Waals surface area (Å²) in [5, 5.41) is 9.43. The minimum Gasteiger partial charge on any atom is -0.481 e. The minimum atomic E-state index is -0.632. The van der Waals surface area contributed by atoms with Crippen molar-refractivity contribution in [2.45, 2.75) is 67.2 Å². The van der Waals surface area contributed by atoms with E-state index in [1.165, 1.54) is 0 Å². The maximum absolute atomic E-state index is 11.5. The standard InChI is InChI=1S/C14H28O2/c1-7-13(4,5)10-11(12(15)16)14(6,8-2)9-3/h11H,7-10H2,1-6H3,(H,15,16). The summed E-state index contributed by atoms with van der Waals surface area (Å²) in [4.78, 5) is 11.5. The van der Waals surface area contributed by atoms with Crippen molar-refractivity contribution < 1.29 is 9.90 Å². The number of carboxylic acid groups (broad SMARTS) is 1. The highest BCUT2D eigenvalue weighted by molar-refractivity contribution is 5.71. The first-order valence-electron chi connectivity index (χ1n) is 6.45. The molecule has 0 amide bonds. The van der Waals surface area contributed by atoms with Gasteiger partial charge in [-0.05, 0) is 30.1 Å². The number of carboxylic acids is 1. The van der Waals surface area contributed by atoms with Crippen LogP contribution < -0.4 is 0 Å². The lowest BCUT2D eigenvalue weighted by Gasteiger charge is -2.38. The fourth-order valence-electron chi connectivity index (χ4n) is 2.07. The fourth-order valence-corrected chi connectivity index (χ4v) is 2.07. The molecule has 0 aliphatic heterocycles. The van der Waals surface area contributed by atoms with Crippen LogP contribution in [0.25, 0.3) is 0 Å². The molecular weight excluding hydrogens is 200 g/mol. The molecule has 0 saturated heterocycles. The van der Waals surface area contributed by atoms with Crippen LogP contribution in [0.15, 0.2) is 0 Å². The van der Waals surface area contributed by atoms with E-state index < -0.39 is 5.97 Å². The van der Waals surface area contributed by atoms with E-state index >= 15 is 0 Å². The highest BCUT2D eigenvalue weighted by Crippen LogP contribution is 2.42. The Morgan fingerprint density at radius 2 is 1.50 bits per heavy atom. The molecule has 0 heterocycles. The minimum absolute atomic E-state index is 0.0712. The molecule has 2 heteroatoms. The molecule has 96 valence electrons. The maximum atomic E-state index is 11.5. The van der Waals surface area contributed by atoms with E-state index in [0.29, 0.717) is 0 Å². The van der Waals surface area contributed by atoms with E-state index in [4.69, 9.17) is 0 Å². The Morgan fingerprint density at radius 3 is 1.75 bits per heavy atom. The molecule has 0 aliphatic carbocycles. The normalized spacial score (nSPS) is 14.9. The molecule has 0 rings (SSSR count). The number of aliphatic carboxylic acids is 1. The van der Waals surface area contributed by atoms with Gasteiger partial charge in [0.1, 0.15) is 0 Å². The topological polar surface area (TPSA) is 37.3 Å². The zero-order valence-electron chi connectivity index (χ0n) is 11.8. The smallest absolute Gasteiger partial charge is 0.307 e. The quantitative estimate of drug-likeness (QED) is 0.703. The van der Waals surface area contributed by atoms with Crippen molar-refractivity contribution in [2.75, 3.05) is 0 Å². The van der Waals surface area contributed by atoms with Gasteiger partial charge in [0.15, 0.2) is 0 Å². The van der Waals surface area contributed by atoms with Gasteiger partial charge in [-0.2, -0.15) is 0 Å². The summed E-state index contributed by atoms with van der Waals surface area (Å²) in [5.74, 6) is -0.856. The molecule has 0 spiro atoms. The molecule has 0 aromatic rings. The molecule has 16 heavy (non-hydrogen) atoms. The van der Waals surface area contributed by atoms with Crippen LogP contribution in [-0.4, -0.2) is 11.1 Å². The van der Waals surface area contributed by atoms with Gasteiger partial charge in [0.05, 0.1) is 5.92 Å². The number of rotatable bonds is 7. The van der Waals surface area contributed by atoms with Crippen LogP contribution in [0.3, 0.4) is 0 Å². The van der Waals surface area contributed by atoms with Crippen molar-refractivity contribution in [1.29, 1.82) is 0 Å². The lowest BCUT2D eigenvalue weighted by Crippen LogP contribution is -2.36. The molecule has 0 fully saturated rings. The van der Waals surface area contributed by atoms with Crippen molar-refractivity contribution in [3.8, 4) is 0 Å². The average molecular weight is 228 g/mol. The third kappa shape index (κ3) is 3.80. The Labute approximate surface area is 100 Å².